The molecule has 0 heterocycles. The molecule has 4 nitrogen and oxygen atoms in total. The Balaban J connectivity index is 0.000000399. The normalized spacial score (nSPS) is 10.8. The second-order valence-electron chi connectivity index (χ2n) is 3.84. The number of hydrogen-bond acceptors (Lipinski definition) is 3. The Morgan fingerprint density at radius 1 is 1.16 bits per heavy atom. The highest BCUT2D eigenvalue weighted by Crippen LogP contribution is 2.15. The van der Waals surface area contributed by atoms with Crippen LogP contribution in [0.5, 0.6) is 0 Å². The van der Waals surface area contributed by atoms with E-state index in [1.165, 1.54) is 37.8 Å². The predicted octanol–water partition coefficient (Wildman–Crippen LogP) is 2.92. The van der Waals surface area contributed by atoms with Crippen LogP contribution in [-0.4, -0.2) is 37.5 Å². The van der Waals surface area contributed by atoms with Crippen LogP contribution in [0.3, 0.4) is 0 Å². The van der Waals surface area contributed by atoms with E-state index in [1.807, 2.05) is 0 Å². The summed E-state index contributed by atoms with van der Waals surface area (Å²) in [5.74, 6) is 0. The van der Waals surface area contributed by atoms with Crippen molar-refractivity contribution in [3.05, 3.63) is 36.4 Å². The van der Waals surface area contributed by atoms with Crippen LogP contribution in [0.1, 0.15) is 26.3 Å². The van der Waals surface area contributed by atoms with Crippen molar-refractivity contribution in [2.75, 3.05) is 19.6 Å². The molecule has 0 radical (unpaired) electrons. The molecule has 1 rings (SSSR count). The summed E-state index contributed by atoms with van der Waals surface area (Å²) in [5, 5.41) is 0. The second kappa shape index (κ2) is 8.85. The molecule has 0 unspecified atom stereocenters. The molecule has 108 valence electrons. The van der Waals surface area contributed by atoms with Gasteiger partial charge in [-0.2, -0.15) is 8.42 Å². The highest BCUT2D eigenvalue weighted by molar-refractivity contribution is 7.85. The summed E-state index contributed by atoms with van der Waals surface area (Å²) in [6, 6.07) is 6.10. The summed E-state index contributed by atoms with van der Waals surface area (Å²) < 4.78 is 30.2. The van der Waals surface area contributed by atoms with Crippen molar-refractivity contribution in [2.24, 2.45) is 0 Å². The lowest BCUT2D eigenvalue weighted by molar-refractivity contribution is 0.321. The Morgan fingerprint density at radius 2 is 1.63 bits per heavy atom. The first-order valence-electron chi connectivity index (χ1n) is 6.31. The molecule has 1 aromatic rings. The fourth-order valence-electron chi connectivity index (χ4n) is 1.55. The van der Waals surface area contributed by atoms with Crippen molar-refractivity contribution in [1.82, 2.24) is 4.90 Å². The van der Waals surface area contributed by atoms with E-state index in [2.05, 4.69) is 32.3 Å². The third-order valence-corrected chi connectivity index (χ3v) is 3.69. The van der Waals surface area contributed by atoms with Gasteiger partial charge in [0.2, 0.25) is 0 Å². The predicted molar refractivity (Wildman–Crippen MR) is 79.8 cm³/mol. The number of benzene rings is 1. The first kappa shape index (κ1) is 17.8. The molecule has 0 amide bonds. The zero-order valence-electron chi connectivity index (χ0n) is 11.8. The maximum absolute atomic E-state index is 10.7. The van der Waals surface area contributed by atoms with Crippen molar-refractivity contribution in [2.45, 2.75) is 25.7 Å². The molecular weight excluding hydrogens is 262 g/mol. The molecule has 0 saturated carbocycles. The maximum Gasteiger partial charge on any atom is 0.295 e. The van der Waals surface area contributed by atoms with Crippen LogP contribution in [0.2, 0.25) is 0 Å². The SMILES string of the molecule is C=Cc1ccccc1S(=O)(=O)O.CCN(CC)CC. The second-order valence-corrected chi connectivity index (χ2v) is 5.23. The molecule has 0 aromatic heterocycles. The van der Waals surface area contributed by atoms with Crippen molar-refractivity contribution in [1.29, 1.82) is 0 Å². The van der Waals surface area contributed by atoms with Gasteiger partial charge in [0, 0.05) is 0 Å². The van der Waals surface area contributed by atoms with E-state index in [0.717, 1.165) is 0 Å². The van der Waals surface area contributed by atoms with Crippen LogP contribution in [-0.2, 0) is 10.1 Å². The van der Waals surface area contributed by atoms with Gasteiger partial charge in [0.25, 0.3) is 10.1 Å². The van der Waals surface area contributed by atoms with Crippen molar-refractivity contribution < 1.29 is 13.0 Å². The smallest absolute Gasteiger partial charge is 0.295 e. The van der Waals surface area contributed by atoms with E-state index in [1.54, 1.807) is 12.1 Å². The molecule has 0 aliphatic rings. The largest absolute Gasteiger partial charge is 0.304 e. The van der Waals surface area contributed by atoms with Gasteiger partial charge in [-0.25, -0.2) is 0 Å². The summed E-state index contributed by atoms with van der Waals surface area (Å²) in [4.78, 5) is 2.26. The van der Waals surface area contributed by atoms with Crippen LogP contribution >= 0.6 is 0 Å². The fourth-order valence-corrected chi connectivity index (χ4v) is 2.25. The molecule has 5 heteroatoms. The number of hydrogen-bond donors (Lipinski definition) is 1. The molecule has 0 atom stereocenters. The Kier molecular flexibility index (Phi) is 8.30. The van der Waals surface area contributed by atoms with Crippen LogP contribution < -0.4 is 0 Å². The molecule has 0 fully saturated rings. The first-order chi connectivity index (χ1) is 8.90. The third-order valence-electron chi connectivity index (χ3n) is 2.76. The number of rotatable bonds is 5. The third kappa shape index (κ3) is 6.52. The van der Waals surface area contributed by atoms with Gasteiger partial charge in [0.1, 0.15) is 4.90 Å². The minimum Gasteiger partial charge on any atom is -0.304 e. The Bertz CT molecular complexity index is 474. The van der Waals surface area contributed by atoms with E-state index < -0.39 is 10.1 Å². The van der Waals surface area contributed by atoms with Gasteiger partial charge in [-0.05, 0) is 31.3 Å². The van der Waals surface area contributed by atoms with Crippen LogP contribution in [0.25, 0.3) is 6.08 Å². The lowest BCUT2D eigenvalue weighted by Gasteiger charge is -2.13. The molecule has 19 heavy (non-hydrogen) atoms. The maximum atomic E-state index is 10.7. The van der Waals surface area contributed by atoms with Gasteiger partial charge in [-0.3, -0.25) is 4.55 Å². The van der Waals surface area contributed by atoms with Gasteiger partial charge >= 0.3 is 0 Å². The van der Waals surface area contributed by atoms with E-state index in [0.29, 0.717) is 5.56 Å². The molecule has 1 aromatic carbocycles. The summed E-state index contributed by atoms with van der Waals surface area (Å²) in [6.45, 7) is 13.6. The first-order valence-corrected chi connectivity index (χ1v) is 7.75. The van der Waals surface area contributed by atoms with Gasteiger partial charge < -0.3 is 4.90 Å². The highest BCUT2D eigenvalue weighted by Gasteiger charge is 2.11. The van der Waals surface area contributed by atoms with Crippen molar-refractivity contribution in [3.63, 3.8) is 0 Å². The monoisotopic (exact) mass is 285 g/mol. The van der Waals surface area contributed by atoms with Gasteiger partial charge in [0.05, 0.1) is 0 Å². The zero-order valence-corrected chi connectivity index (χ0v) is 12.7. The lowest BCUT2D eigenvalue weighted by Crippen LogP contribution is -2.21. The van der Waals surface area contributed by atoms with Gasteiger partial charge in [-0.15, -0.1) is 0 Å². The Morgan fingerprint density at radius 3 is 1.89 bits per heavy atom. The van der Waals surface area contributed by atoms with E-state index >= 15 is 0 Å². The molecule has 0 bridgehead atoms. The van der Waals surface area contributed by atoms with Gasteiger partial charge in [0.15, 0.2) is 0 Å². The molecule has 0 aliphatic heterocycles. The highest BCUT2D eigenvalue weighted by atomic mass is 32.2. The van der Waals surface area contributed by atoms with Crippen LogP contribution in [0, 0.1) is 0 Å². The summed E-state index contributed by atoms with van der Waals surface area (Å²) in [7, 11) is -4.12. The summed E-state index contributed by atoms with van der Waals surface area (Å²) in [5.41, 5.74) is 0.403. The molecule has 0 spiro atoms. The topological polar surface area (TPSA) is 57.6 Å². The quantitative estimate of drug-likeness (QED) is 0.845. The van der Waals surface area contributed by atoms with E-state index in [9.17, 15) is 8.42 Å². The minimum atomic E-state index is -4.12. The molecule has 0 saturated heterocycles. The number of nitrogens with zero attached hydrogens (tertiary/aromatic N) is 1. The summed E-state index contributed by atoms with van der Waals surface area (Å²) >= 11 is 0. The Hall–Kier alpha value is -1.17. The van der Waals surface area contributed by atoms with E-state index in [-0.39, 0.29) is 4.90 Å². The fraction of sp³-hybridized carbons (Fsp3) is 0.429. The standard InChI is InChI=1S/C8H8O3S.C6H15N/c1-2-7-5-3-4-6-8(7)12(9,10)11;1-4-7(5-2)6-3/h2-6H,1H2,(H,9,10,11);4-6H2,1-3H3. The summed E-state index contributed by atoms with van der Waals surface area (Å²) in [6.07, 6.45) is 1.38. The average Bonchev–Trinajstić information content (AvgIpc) is 2.40. The Labute approximate surface area is 116 Å². The molecule has 0 aliphatic carbocycles. The van der Waals surface area contributed by atoms with Gasteiger partial charge in [-0.1, -0.05) is 51.6 Å². The van der Waals surface area contributed by atoms with Crippen LogP contribution in [0.4, 0.5) is 0 Å². The molecule has 1 N–H and O–H groups in total. The molecular formula is C14H23NO3S. The van der Waals surface area contributed by atoms with Crippen molar-refractivity contribution >= 4 is 16.2 Å². The lowest BCUT2D eigenvalue weighted by atomic mass is 10.2. The average molecular weight is 285 g/mol. The van der Waals surface area contributed by atoms with Crippen molar-refractivity contribution in [3.8, 4) is 0 Å². The zero-order chi connectivity index (χ0) is 14.9. The van der Waals surface area contributed by atoms with Crippen LogP contribution in [0.15, 0.2) is 35.7 Å². The van der Waals surface area contributed by atoms with E-state index in [4.69, 9.17) is 4.55 Å². The minimum absolute atomic E-state index is 0.111.